The molecule has 4 rings (SSSR count). The summed E-state index contributed by atoms with van der Waals surface area (Å²) >= 11 is 0. The van der Waals surface area contributed by atoms with Crippen LogP contribution in [0.4, 0.5) is 5.82 Å². The zero-order valence-corrected chi connectivity index (χ0v) is 16.2. The summed E-state index contributed by atoms with van der Waals surface area (Å²) in [5, 5.41) is 3.53. The number of aryl methyl sites for hydroxylation is 3. The van der Waals surface area contributed by atoms with Crippen molar-refractivity contribution >= 4 is 16.9 Å². The number of para-hydroxylation sites is 2. The lowest BCUT2D eigenvalue weighted by Crippen LogP contribution is -2.35. The highest BCUT2D eigenvalue weighted by Gasteiger charge is 2.17. The van der Waals surface area contributed by atoms with Crippen molar-refractivity contribution in [1.29, 1.82) is 0 Å². The van der Waals surface area contributed by atoms with E-state index in [9.17, 15) is 0 Å². The zero-order chi connectivity index (χ0) is 18.6. The fraction of sp³-hybridized carbons (Fsp3) is 0.476. The average Bonchev–Trinajstić information content (AvgIpc) is 3.07. The van der Waals surface area contributed by atoms with E-state index in [1.807, 2.05) is 25.1 Å². The lowest BCUT2D eigenvalue weighted by molar-refractivity contribution is 0.217. The van der Waals surface area contributed by atoms with Crippen molar-refractivity contribution in [2.45, 2.75) is 32.6 Å². The Morgan fingerprint density at radius 1 is 1.19 bits per heavy atom. The van der Waals surface area contributed by atoms with Gasteiger partial charge in [0.15, 0.2) is 0 Å². The molecule has 1 saturated heterocycles. The van der Waals surface area contributed by atoms with Gasteiger partial charge in [-0.25, -0.2) is 15.0 Å². The number of nitrogens with zero attached hydrogens (tertiary/aromatic N) is 4. The second-order valence-corrected chi connectivity index (χ2v) is 7.64. The minimum Gasteiger partial charge on any atom is -0.370 e. The van der Waals surface area contributed by atoms with Crippen LogP contribution in [0.5, 0.6) is 0 Å². The van der Waals surface area contributed by atoms with Crippen LogP contribution in [0, 0.1) is 12.8 Å². The van der Waals surface area contributed by atoms with Crippen molar-refractivity contribution in [1.82, 2.24) is 24.8 Å². The molecule has 6 nitrogen and oxygen atoms in total. The van der Waals surface area contributed by atoms with Gasteiger partial charge in [-0.1, -0.05) is 12.1 Å². The van der Waals surface area contributed by atoms with E-state index in [-0.39, 0.29) is 0 Å². The number of aromatic nitrogens is 4. The van der Waals surface area contributed by atoms with Crippen LogP contribution >= 0.6 is 0 Å². The number of fused-ring (bicyclic) bond motifs is 1. The number of nitrogens with one attached hydrogen (secondary N) is 2. The third-order valence-electron chi connectivity index (χ3n) is 5.24. The van der Waals surface area contributed by atoms with Gasteiger partial charge in [0.25, 0.3) is 0 Å². The van der Waals surface area contributed by atoms with E-state index >= 15 is 0 Å². The Bertz CT molecular complexity index is 870. The van der Waals surface area contributed by atoms with Gasteiger partial charge in [0.05, 0.1) is 11.0 Å². The number of aromatic amines is 1. The molecule has 1 aliphatic heterocycles. The zero-order valence-electron chi connectivity index (χ0n) is 16.2. The molecule has 2 N–H and O–H groups in total. The molecule has 0 aliphatic carbocycles. The molecule has 1 unspecified atom stereocenters. The van der Waals surface area contributed by atoms with Crippen LogP contribution in [0.25, 0.3) is 11.0 Å². The summed E-state index contributed by atoms with van der Waals surface area (Å²) in [6.45, 7) is 5.32. The number of anilines is 1. The third kappa shape index (κ3) is 4.63. The average molecular weight is 364 g/mol. The molecule has 27 heavy (non-hydrogen) atoms. The first kappa shape index (κ1) is 17.9. The number of rotatable bonds is 6. The Morgan fingerprint density at radius 2 is 2.07 bits per heavy atom. The lowest BCUT2D eigenvalue weighted by atomic mass is 9.98. The molecule has 1 aromatic carbocycles. The predicted octanol–water partition coefficient (Wildman–Crippen LogP) is 3.20. The number of imidazole rings is 1. The molecule has 3 aromatic rings. The Balaban J connectivity index is 1.38. The van der Waals surface area contributed by atoms with E-state index in [2.05, 4.69) is 49.3 Å². The smallest absolute Gasteiger partial charge is 0.129 e. The van der Waals surface area contributed by atoms with E-state index in [1.54, 1.807) is 0 Å². The fourth-order valence-electron chi connectivity index (χ4n) is 3.91. The number of hydrogen-bond acceptors (Lipinski definition) is 5. The van der Waals surface area contributed by atoms with Crippen LogP contribution in [0.1, 0.15) is 30.2 Å². The van der Waals surface area contributed by atoms with Gasteiger partial charge in [-0.2, -0.15) is 0 Å². The van der Waals surface area contributed by atoms with Crippen molar-refractivity contribution in [2.75, 3.05) is 32.0 Å². The maximum Gasteiger partial charge on any atom is 0.129 e. The third-order valence-corrected chi connectivity index (χ3v) is 5.24. The van der Waals surface area contributed by atoms with Crippen LogP contribution in [-0.2, 0) is 12.8 Å². The van der Waals surface area contributed by atoms with E-state index in [0.29, 0.717) is 5.92 Å². The summed E-state index contributed by atoms with van der Waals surface area (Å²) < 4.78 is 0. The molecule has 0 bridgehead atoms. The summed E-state index contributed by atoms with van der Waals surface area (Å²) in [4.78, 5) is 19.6. The highest BCUT2D eigenvalue weighted by atomic mass is 15.1. The summed E-state index contributed by atoms with van der Waals surface area (Å²) in [7, 11) is 2.21. The Kier molecular flexibility index (Phi) is 5.34. The van der Waals surface area contributed by atoms with Gasteiger partial charge in [0.1, 0.15) is 17.5 Å². The van der Waals surface area contributed by atoms with Gasteiger partial charge in [-0.3, -0.25) is 0 Å². The fourth-order valence-corrected chi connectivity index (χ4v) is 3.91. The van der Waals surface area contributed by atoms with Crippen LogP contribution in [0.3, 0.4) is 0 Å². The normalized spacial score (nSPS) is 18.1. The van der Waals surface area contributed by atoms with Gasteiger partial charge >= 0.3 is 0 Å². The molecule has 1 aliphatic rings. The van der Waals surface area contributed by atoms with Gasteiger partial charge in [-0.05, 0) is 57.8 Å². The van der Waals surface area contributed by atoms with Crippen molar-refractivity contribution in [3.8, 4) is 0 Å². The van der Waals surface area contributed by atoms with Gasteiger partial charge in [-0.15, -0.1) is 0 Å². The predicted molar refractivity (Wildman–Crippen MR) is 109 cm³/mol. The number of likely N-dealkylation sites (tertiary alicyclic amines) is 1. The quantitative estimate of drug-likeness (QED) is 0.703. The summed E-state index contributed by atoms with van der Waals surface area (Å²) in [5.41, 5.74) is 3.17. The molecular formula is C21H28N6. The number of benzene rings is 1. The van der Waals surface area contributed by atoms with E-state index in [0.717, 1.165) is 60.1 Å². The standard InChI is InChI=1S/C21H28N6/c1-15-23-17(9-10-20-25-18-7-3-4-8-19(18)26-20)12-21(24-15)22-13-16-6-5-11-27(2)14-16/h3-4,7-8,12,16H,5-6,9-11,13-14H2,1-2H3,(H,25,26)(H,22,23,24). The molecule has 0 spiro atoms. The lowest BCUT2D eigenvalue weighted by Gasteiger charge is -2.29. The van der Waals surface area contributed by atoms with Crippen LogP contribution in [0.15, 0.2) is 30.3 Å². The Hall–Kier alpha value is -2.47. The highest BCUT2D eigenvalue weighted by molar-refractivity contribution is 5.74. The molecule has 0 amide bonds. The monoisotopic (exact) mass is 364 g/mol. The molecule has 3 heterocycles. The first-order chi connectivity index (χ1) is 13.2. The maximum atomic E-state index is 4.66. The molecule has 6 heteroatoms. The Morgan fingerprint density at radius 3 is 2.93 bits per heavy atom. The largest absolute Gasteiger partial charge is 0.370 e. The first-order valence-corrected chi connectivity index (χ1v) is 9.86. The molecule has 0 saturated carbocycles. The minimum absolute atomic E-state index is 0.693. The second-order valence-electron chi connectivity index (χ2n) is 7.64. The van der Waals surface area contributed by atoms with E-state index < -0.39 is 0 Å². The molecule has 0 radical (unpaired) electrons. The molecule has 1 fully saturated rings. The molecule has 1 atom stereocenters. The summed E-state index contributed by atoms with van der Waals surface area (Å²) in [6.07, 6.45) is 4.27. The first-order valence-electron chi connectivity index (χ1n) is 9.86. The van der Waals surface area contributed by atoms with Crippen molar-refractivity contribution in [2.24, 2.45) is 5.92 Å². The Labute approximate surface area is 160 Å². The van der Waals surface area contributed by atoms with Crippen molar-refractivity contribution < 1.29 is 0 Å². The van der Waals surface area contributed by atoms with Crippen molar-refractivity contribution in [3.05, 3.63) is 47.7 Å². The molecule has 142 valence electrons. The van der Waals surface area contributed by atoms with Gasteiger partial charge < -0.3 is 15.2 Å². The summed E-state index contributed by atoms with van der Waals surface area (Å²) in [6, 6.07) is 10.2. The topological polar surface area (TPSA) is 69.7 Å². The second kappa shape index (κ2) is 8.05. The maximum absolute atomic E-state index is 4.66. The summed E-state index contributed by atoms with van der Waals surface area (Å²) in [5.74, 6) is 3.46. The number of piperidine rings is 1. The highest BCUT2D eigenvalue weighted by Crippen LogP contribution is 2.17. The minimum atomic E-state index is 0.693. The van der Waals surface area contributed by atoms with Crippen LogP contribution in [0.2, 0.25) is 0 Å². The van der Waals surface area contributed by atoms with Gasteiger partial charge in [0, 0.05) is 31.3 Å². The van der Waals surface area contributed by atoms with Crippen LogP contribution < -0.4 is 5.32 Å². The van der Waals surface area contributed by atoms with E-state index in [1.165, 1.54) is 19.4 Å². The van der Waals surface area contributed by atoms with Crippen LogP contribution in [-0.4, -0.2) is 51.5 Å². The molecular weight excluding hydrogens is 336 g/mol. The number of H-pyrrole nitrogens is 1. The number of hydrogen-bond donors (Lipinski definition) is 2. The molecule has 2 aromatic heterocycles. The van der Waals surface area contributed by atoms with Crippen molar-refractivity contribution in [3.63, 3.8) is 0 Å². The van der Waals surface area contributed by atoms with E-state index in [4.69, 9.17) is 0 Å². The SMILES string of the molecule is Cc1nc(CCc2nc3ccccc3[nH]2)cc(NCC2CCCN(C)C2)n1. The van der Waals surface area contributed by atoms with Gasteiger partial charge in [0.2, 0.25) is 0 Å².